The maximum absolute atomic E-state index is 13.4. The molecular formula is C24H25FN2O4S. The van der Waals surface area contributed by atoms with Crippen molar-refractivity contribution in [2.75, 3.05) is 24.5 Å². The van der Waals surface area contributed by atoms with Crippen molar-refractivity contribution in [2.45, 2.75) is 17.7 Å². The van der Waals surface area contributed by atoms with Crippen LogP contribution in [0.1, 0.15) is 18.4 Å². The van der Waals surface area contributed by atoms with Crippen LogP contribution in [0.3, 0.4) is 0 Å². The highest BCUT2D eigenvalue weighted by atomic mass is 32.2. The number of benzene rings is 3. The number of sulfonamides is 1. The fraction of sp³-hybridized carbons (Fsp3) is 0.208. The number of ether oxygens (including phenoxy) is 1. The van der Waals surface area contributed by atoms with Gasteiger partial charge in [-0.3, -0.25) is 9.10 Å². The van der Waals surface area contributed by atoms with E-state index in [2.05, 4.69) is 5.32 Å². The number of nitrogens with zero attached hydrogens (tertiary/aromatic N) is 1. The number of hydrogen-bond donors (Lipinski definition) is 1. The first kappa shape index (κ1) is 23.3. The third kappa shape index (κ3) is 5.64. The number of amides is 1. The number of carbonyl (C=O) groups excluding carboxylic acids is 1. The molecule has 0 aliphatic rings. The molecule has 0 aliphatic carbocycles. The molecule has 32 heavy (non-hydrogen) atoms. The molecule has 0 bridgehead atoms. The number of hydrogen-bond acceptors (Lipinski definition) is 4. The lowest BCUT2D eigenvalue weighted by atomic mass is 10.0. The van der Waals surface area contributed by atoms with Gasteiger partial charge in [-0.1, -0.05) is 37.3 Å². The second-order valence-electron chi connectivity index (χ2n) is 7.28. The minimum atomic E-state index is -4.08. The van der Waals surface area contributed by atoms with Gasteiger partial charge in [0.2, 0.25) is 5.91 Å². The predicted molar refractivity (Wildman–Crippen MR) is 122 cm³/mol. The zero-order chi connectivity index (χ0) is 23.1. The van der Waals surface area contributed by atoms with Gasteiger partial charge in [0.25, 0.3) is 10.0 Å². The minimum Gasteiger partial charge on any atom is -0.497 e. The Hall–Kier alpha value is -3.39. The average molecular weight is 457 g/mol. The maximum Gasteiger partial charge on any atom is 0.264 e. The molecule has 0 aliphatic heterocycles. The third-order valence-corrected chi connectivity index (χ3v) is 6.81. The maximum atomic E-state index is 13.4. The van der Waals surface area contributed by atoms with Crippen molar-refractivity contribution in [3.05, 3.63) is 90.2 Å². The summed E-state index contributed by atoms with van der Waals surface area (Å²) in [4.78, 5) is 12.7. The lowest BCUT2D eigenvalue weighted by Crippen LogP contribution is -2.41. The molecule has 1 N–H and O–H groups in total. The summed E-state index contributed by atoms with van der Waals surface area (Å²) in [7, 11) is -2.60. The predicted octanol–water partition coefficient (Wildman–Crippen LogP) is 3.95. The Morgan fingerprint density at radius 2 is 1.62 bits per heavy atom. The fourth-order valence-corrected chi connectivity index (χ4v) is 4.57. The first-order valence-corrected chi connectivity index (χ1v) is 11.5. The van der Waals surface area contributed by atoms with Crippen LogP contribution in [0.5, 0.6) is 5.75 Å². The molecule has 0 fully saturated rings. The highest BCUT2D eigenvalue weighted by molar-refractivity contribution is 7.92. The number of carbonyl (C=O) groups is 1. The lowest BCUT2D eigenvalue weighted by Gasteiger charge is -2.24. The Morgan fingerprint density at radius 1 is 1.00 bits per heavy atom. The monoisotopic (exact) mass is 456 g/mol. The van der Waals surface area contributed by atoms with Crippen molar-refractivity contribution in [3.8, 4) is 5.75 Å². The van der Waals surface area contributed by atoms with Crippen LogP contribution >= 0.6 is 0 Å². The van der Waals surface area contributed by atoms with E-state index >= 15 is 0 Å². The van der Waals surface area contributed by atoms with Gasteiger partial charge in [-0.05, 0) is 60.0 Å². The van der Waals surface area contributed by atoms with E-state index < -0.39 is 28.3 Å². The topological polar surface area (TPSA) is 75.7 Å². The minimum absolute atomic E-state index is 0.00641. The van der Waals surface area contributed by atoms with Gasteiger partial charge in [0, 0.05) is 6.54 Å². The molecule has 0 aromatic heterocycles. The first-order chi connectivity index (χ1) is 15.3. The molecule has 3 aromatic rings. The van der Waals surface area contributed by atoms with Crippen LogP contribution in [0.25, 0.3) is 0 Å². The molecule has 0 radical (unpaired) electrons. The smallest absolute Gasteiger partial charge is 0.264 e. The van der Waals surface area contributed by atoms with Crippen LogP contribution < -0.4 is 14.4 Å². The molecular weight excluding hydrogens is 431 g/mol. The van der Waals surface area contributed by atoms with Crippen molar-refractivity contribution < 1.29 is 22.3 Å². The van der Waals surface area contributed by atoms with Gasteiger partial charge >= 0.3 is 0 Å². The normalized spacial score (nSPS) is 12.1. The third-order valence-electron chi connectivity index (χ3n) is 5.02. The Kier molecular flexibility index (Phi) is 7.48. The summed E-state index contributed by atoms with van der Waals surface area (Å²) in [6, 6.07) is 20.5. The molecule has 1 amide bonds. The van der Waals surface area contributed by atoms with E-state index in [9.17, 15) is 17.6 Å². The number of halogens is 1. The molecule has 1 atom stereocenters. The van der Waals surface area contributed by atoms with Crippen LogP contribution in [0.2, 0.25) is 0 Å². The van der Waals surface area contributed by atoms with Crippen molar-refractivity contribution >= 4 is 21.6 Å². The van der Waals surface area contributed by atoms with Gasteiger partial charge < -0.3 is 10.1 Å². The second-order valence-corrected chi connectivity index (χ2v) is 9.14. The molecule has 0 saturated carbocycles. The van der Waals surface area contributed by atoms with Crippen LogP contribution in [0.4, 0.5) is 10.1 Å². The number of methoxy groups -OCH3 is 1. The van der Waals surface area contributed by atoms with Gasteiger partial charge in [-0.15, -0.1) is 0 Å². The number of rotatable bonds is 9. The summed E-state index contributed by atoms with van der Waals surface area (Å²) in [5.41, 5.74) is 1.25. The van der Waals surface area contributed by atoms with E-state index in [1.54, 1.807) is 0 Å². The zero-order valence-corrected chi connectivity index (χ0v) is 18.7. The first-order valence-electron chi connectivity index (χ1n) is 10.1. The number of nitrogens with one attached hydrogen (secondary N) is 1. The molecule has 3 rings (SSSR count). The molecule has 6 nitrogen and oxygen atoms in total. The standard InChI is InChI=1S/C24H25FN2O4S/c1-18(19-6-4-3-5-7-19)16-26-24(28)17-27(21-10-8-20(25)9-11-21)32(29,30)23-14-12-22(31-2)13-15-23/h3-15,18H,16-17H2,1-2H3,(H,26,28). The van der Waals surface area contributed by atoms with Gasteiger partial charge in [-0.2, -0.15) is 0 Å². The quantitative estimate of drug-likeness (QED) is 0.529. The van der Waals surface area contributed by atoms with E-state index in [-0.39, 0.29) is 16.5 Å². The summed E-state index contributed by atoms with van der Waals surface area (Å²) >= 11 is 0. The van der Waals surface area contributed by atoms with Gasteiger partial charge in [0.15, 0.2) is 0 Å². The Morgan fingerprint density at radius 3 is 2.22 bits per heavy atom. The van der Waals surface area contributed by atoms with Crippen molar-refractivity contribution in [3.63, 3.8) is 0 Å². The molecule has 168 valence electrons. The molecule has 1 unspecified atom stereocenters. The highest BCUT2D eigenvalue weighted by Gasteiger charge is 2.27. The van der Waals surface area contributed by atoms with E-state index in [0.29, 0.717) is 12.3 Å². The van der Waals surface area contributed by atoms with E-state index in [1.807, 2.05) is 37.3 Å². The SMILES string of the molecule is COc1ccc(S(=O)(=O)N(CC(=O)NCC(C)c2ccccc2)c2ccc(F)cc2)cc1. The summed E-state index contributed by atoms with van der Waals surface area (Å²) < 4.78 is 46.1. The molecule has 0 heterocycles. The Bertz CT molecular complexity index is 1130. The van der Waals surface area contributed by atoms with Crippen LogP contribution in [-0.2, 0) is 14.8 Å². The zero-order valence-electron chi connectivity index (χ0n) is 17.9. The molecule has 0 saturated heterocycles. The highest BCUT2D eigenvalue weighted by Crippen LogP contribution is 2.25. The van der Waals surface area contributed by atoms with Crippen LogP contribution in [-0.4, -0.2) is 34.5 Å². The summed E-state index contributed by atoms with van der Waals surface area (Å²) in [5, 5.41) is 2.80. The van der Waals surface area contributed by atoms with E-state index in [4.69, 9.17) is 4.74 Å². The van der Waals surface area contributed by atoms with E-state index in [0.717, 1.165) is 22.0 Å². The van der Waals surface area contributed by atoms with Crippen LogP contribution in [0, 0.1) is 5.82 Å². The van der Waals surface area contributed by atoms with Crippen molar-refractivity contribution in [1.29, 1.82) is 0 Å². The Balaban J connectivity index is 1.81. The van der Waals surface area contributed by atoms with Crippen molar-refractivity contribution in [2.24, 2.45) is 0 Å². The second kappa shape index (κ2) is 10.3. The van der Waals surface area contributed by atoms with Gasteiger partial charge in [0.1, 0.15) is 18.1 Å². The van der Waals surface area contributed by atoms with Gasteiger partial charge in [-0.25, -0.2) is 12.8 Å². The summed E-state index contributed by atoms with van der Waals surface area (Å²) in [6.45, 7) is 1.88. The fourth-order valence-electron chi connectivity index (χ4n) is 3.15. The Labute approximate surface area is 187 Å². The average Bonchev–Trinajstić information content (AvgIpc) is 2.82. The van der Waals surface area contributed by atoms with Crippen molar-refractivity contribution in [1.82, 2.24) is 5.32 Å². The molecule has 0 spiro atoms. The number of anilines is 1. The van der Waals surface area contributed by atoms with Gasteiger partial charge in [0.05, 0.1) is 17.7 Å². The molecule has 3 aromatic carbocycles. The lowest BCUT2D eigenvalue weighted by molar-refractivity contribution is -0.119. The molecule has 8 heteroatoms. The van der Waals surface area contributed by atoms with E-state index in [1.165, 1.54) is 43.5 Å². The summed E-state index contributed by atoms with van der Waals surface area (Å²) in [5.74, 6) is -0.409. The van der Waals surface area contributed by atoms with Crippen LogP contribution in [0.15, 0.2) is 83.8 Å². The summed E-state index contributed by atoms with van der Waals surface area (Å²) in [6.07, 6.45) is 0. The largest absolute Gasteiger partial charge is 0.497 e.